The van der Waals surface area contributed by atoms with Crippen molar-refractivity contribution >= 4 is 5.91 Å². The van der Waals surface area contributed by atoms with E-state index in [1.165, 1.54) is 5.56 Å². The average molecular weight is 276 g/mol. The Balaban J connectivity index is 2.17. The van der Waals surface area contributed by atoms with Gasteiger partial charge in [0.05, 0.1) is 6.10 Å². The molecule has 2 rings (SSSR count). The second kappa shape index (κ2) is 6.37. The molecule has 1 aliphatic heterocycles. The lowest BCUT2D eigenvalue weighted by atomic mass is 9.97. The van der Waals surface area contributed by atoms with Gasteiger partial charge in [-0.05, 0) is 49.9 Å². The summed E-state index contributed by atoms with van der Waals surface area (Å²) in [5.74, 6) is 0.0816. The first kappa shape index (κ1) is 15.0. The minimum absolute atomic E-state index is 0.0720. The molecular weight excluding hydrogens is 252 g/mol. The molecule has 1 heterocycles. The first-order valence-electron chi connectivity index (χ1n) is 7.18. The highest BCUT2D eigenvalue weighted by Gasteiger charge is 2.31. The van der Waals surface area contributed by atoms with Crippen molar-refractivity contribution in [2.75, 3.05) is 20.2 Å². The lowest BCUT2D eigenvalue weighted by Gasteiger charge is -2.38. The van der Waals surface area contributed by atoms with Crippen LogP contribution in [0.15, 0.2) is 18.2 Å². The quantitative estimate of drug-likeness (QED) is 0.917. The van der Waals surface area contributed by atoms with Gasteiger partial charge in [-0.1, -0.05) is 6.07 Å². The van der Waals surface area contributed by atoms with Crippen LogP contribution in [0.25, 0.3) is 0 Å². The number of aryl methyl sites for hydroxylation is 2. The summed E-state index contributed by atoms with van der Waals surface area (Å²) in [6.45, 7) is 5.28. The number of nitrogens with two attached hydrogens (primary N) is 1. The molecule has 110 valence electrons. The number of likely N-dealkylation sites (tertiary alicyclic amines) is 1. The molecule has 0 spiro atoms. The second-order valence-corrected chi connectivity index (χ2v) is 5.57. The summed E-state index contributed by atoms with van der Waals surface area (Å²) in [5, 5.41) is 0. The molecule has 1 amide bonds. The number of hydrogen-bond acceptors (Lipinski definition) is 3. The maximum atomic E-state index is 12.7. The molecule has 2 N–H and O–H groups in total. The fraction of sp³-hybridized carbons (Fsp3) is 0.562. The summed E-state index contributed by atoms with van der Waals surface area (Å²) in [6.07, 6.45) is 1.92. The van der Waals surface area contributed by atoms with Gasteiger partial charge >= 0.3 is 0 Å². The highest BCUT2D eigenvalue weighted by molar-refractivity contribution is 5.94. The second-order valence-electron chi connectivity index (χ2n) is 5.57. The molecule has 0 saturated carbocycles. The molecule has 4 nitrogen and oxygen atoms in total. The third kappa shape index (κ3) is 3.02. The van der Waals surface area contributed by atoms with E-state index in [2.05, 4.69) is 6.92 Å². The summed E-state index contributed by atoms with van der Waals surface area (Å²) >= 11 is 0. The van der Waals surface area contributed by atoms with Gasteiger partial charge < -0.3 is 15.4 Å². The lowest BCUT2D eigenvalue weighted by molar-refractivity contribution is 0.0139. The van der Waals surface area contributed by atoms with E-state index < -0.39 is 0 Å². The Bertz CT molecular complexity index is 487. The van der Waals surface area contributed by atoms with Gasteiger partial charge in [-0.25, -0.2) is 0 Å². The predicted molar refractivity (Wildman–Crippen MR) is 79.8 cm³/mol. The number of hydrogen-bond donors (Lipinski definition) is 1. The Labute approximate surface area is 120 Å². The molecule has 1 fully saturated rings. The Morgan fingerprint density at radius 1 is 1.40 bits per heavy atom. The number of carbonyl (C=O) groups excluding carboxylic acids is 1. The molecule has 1 aromatic carbocycles. The number of benzene rings is 1. The minimum atomic E-state index is 0.0720. The van der Waals surface area contributed by atoms with Crippen LogP contribution in [0.3, 0.4) is 0 Å². The highest BCUT2D eigenvalue weighted by Crippen LogP contribution is 2.22. The van der Waals surface area contributed by atoms with Crippen molar-refractivity contribution in [2.45, 2.75) is 38.8 Å². The number of methoxy groups -OCH3 is 1. The van der Waals surface area contributed by atoms with Crippen LogP contribution in [0.2, 0.25) is 0 Å². The van der Waals surface area contributed by atoms with E-state index in [0.717, 1.165) is 24.0 Å². The zero-order valence-electron chi connectivity index (χ0n) is 12.6. The van der Waals surface area contributed by atoms with Crippen LogP contribution in [0, 0.1) is 13.8 Å². The van der Waals surface area contributed by atoms with Crippen LogP contribution < -0.4 is 5.73 Å². The van der Waals surface area contributed by atoms with Gasteiger partial charge in [-0.3, -0.25) is 4.79 Å². The Morgan fingerprint density at radius 2 is 2.15 bits per heavy atom. The highest BCUT2D eigenvalue weighted by atomic mass is 16.5. The zero-order valence-corrected chi connectivity index (χ0v) is 12.6. The molecular formula is C16H24N2O2. The molecule has 0 radical (unpaired) electrons. The topological polar surface area (TPSA) is 55.6 Å². The van der Waals surface area contributed by atoms with E-state index >= 15 is 0 Å². The van der Waals surface area contributed by atoms with Gasteiger partial charge in [0, 0.05) is 31.8 Å². The van der Waals surface area contributed by atoms with Crippen molar-refractivity contribution in [3.8, 4) is 0 Å². The molecule has 1 saturated heterocycles. The SMILES string of the molecule is COC1CCN(C(=O)c2ccc(C)c(C)c2)C(CN)C1. The van der Waals surface area contributed by atoms with Crippen molar-refractivity contribution in [1.29, 1.82) is 0 Å². The van der Waals surface area contributed by atoms with Crippen molar-refractivity contribution in [2.24, 2.45) is 5.73 Å². The first-order valence-corrected chi connectivity index (χ1v) is 7.18. The van der Waals surface area contributed by atoms with Crippen LogP contribution in [-0.2, 0) is 4.74 Å². The molecule has 20 heavy (non-hydrogen) atoms. The molecule has 1 aromatic rings. The van der Waals surface area contributed by atoms with Crippen molar-refractivity contribution in [1.82, 2.24) is 4.90 Å². The third-order valence-corrected chi connectivity index (χ3v) is 4.29. The molecule has 2 unspecified atom stereocenters. The first-order chi connectivity index (χ1) is 9.56. The van der Waals surface area contributed by atoms with E-state index in [9.17, 15) is 4.79 Å². The lowest BCUT2D eigenvalue weighted by Crippen LogP contribution is -2.51. The number of ether oxygens (including phenoxy) is 1. The smallest absolute Gasteiger partial charge is 0.254 e. The Hall–Kier alpha value is -1.39. The monoisotopic (exact) mass is 276 g/mol. The van der Waals surface area contributed by atoms with Crippen molar-refractivity contribution in [3.05, 3.63) is 34.9 Å². The number of piperidine rings is 1. The largest absolute Gasteiger partial charge is 0.381 e. The van der Waals surface area contributed by atoms with Crippen molar-refractivity contribution < 1.29 is 9.53 Å². The molecule has 0 bridgehead atoms. The standard InChI is InChI=1S/C16H24N2O2/c1-11-4-5-13(8-12(11)2)16(19)18-7-6-15(20-3)9-14(18)10-17/h4-5,8,14-15H,6-7,9-10,17H2,1-3H3. The minimum Gasteiger partial charge on any atom is -0.381 e. The summed E-state index contributed by atoms with van der Waals surface area (Å²) < 4.78 is 5.40. The van der Waals surface area contributed by atoms with Gasteiger partial charge in [0.2, 0.25) is 0 Å². The van der Waals surface area contributed by atoms with Gasteiger partial charge in [0.1, 0.15) is 0 Å². The van der Waals surface area contributed by atoms with E-state index in [1.807, 2.05) is 30.0 Å². The molecule has 2 atom stereocenters. The van der Waals surface area contributed by atoms with E-state index in [1.54, 1.807) is 7.11 Å². The van der Waals surface area contributed by atoms with Crippen LogP contribution in [-0.4, -0.2) is 43.2 Å². The molecule has 1 aliphatic rings. The van der Waals surface area contributed by atoms with Crippen LogP contribution in [0.4, 0.5) is 0 Å². The van der Waals surface area contributed by atoms with Gasteiger partial charge in [-0.15, -0.1) is 0 Å². The Kier molecular flexibility index (Phi) is 4.78. The molecule has 4 heteroatoms. The number of nitrogens with zero attached hydrogens (tertiary/aromatic N) is 1. The van der Waals surface area contributed by atoms with E-state index in [4.69, 9.17) is 10.5 Å². The maximum Gasteiger partial charge on any atom is 0.254 e. The fourth-order valence-corrected chi connectivity index (χ4v) is 2.76. The third-order valence-electron chi connectivity index (χ3n) is 4.29. The number of carbonyl (C=O) groups is 1. The fourth-order valence-electron chi connectivity index (χ4n) is 2.76. The summed E-state index contributed by atoms with van der Waals surface area (Å²) in [4.78, 5) is 14.6. The Morgan fingerprint density at radius 3 is 2.75 bits per heavy atom. The predicted octanol–water partition coefficient (Wildman–Crippen LogP) is 1.88. The number of rotatable bonds is 3. The average Bonchev–Trinajstić information content (AvgIpc) is 2.48. The van der Waals surface area contributed by atoms with Crippen LogP contribution >= 0.6 is 0 Å². The zero-order chi connectivity index (χ0) is 14.7. The summed E-state index contributed by atoms with van der Waals surface area (Å²) in [7, 11) is 1.72. The number of amides is 1. The van der Waals surface area contributed by atoms with E-state index in [-0.39, 0.29) is 18.1 Å². The van der Waals surface area contributed by atoms with Gasteiger partial charge in [0.15, 0.2) is 0 Å². The normalized spacial score (nSPS) is 22.9. The van der Waals surface area contributed by atoms with Gasteiger partial charge in [0.25, 0.3) is 5.91 Å². The van der Waals surface area contributed by atoms with Gasteiger partial charge in [-0.2, -0.15) is 0 Å². The molecule has 0 aliphatic carbocycles. The van der Waals surface area contributed by atoms with Crippen LogP contribution in [0.5, 0.6) is 0 Å². The maximum absolute atomic E-state index is 12.7. The van der Waals surface area contributed by atoms with Crippen LogP contribution in [0.1, 0.15) is 34.3 Å². The summed E-state index contributed by atoms with van der Waals surface area (Å²) in [5.41, 5.74) is 8.93. The molecule has 0 aromatic heterocycles. The summed E-state index contributed by atoms with van der Waals surface area (Å²) in [6, 6.07) is 5.94. The van der Waals surface area contributed by atoms with E-state index in [0.29, 0.717) is 13.1 Å². The van der Waals surface area contributed by atoms with Crippen molar-refractivity contribution in [3.63, 3.8) is 0 Å².